The minimum Gasteiger partial charge on any atom is -0.418 e. The van der Waals surface area contributed by atoms with Crippen LogP contribution in [0.5, 0.6) is 0 Å². The van der Waals surface area contributed by atoms with E-state index in [4.69, 9.17) is 5.26 Å². The van der Waals surface area contributed by atoms with Crippen molar-refractivity contribution in [3.8, 4) is 6.07 Å². The van der Waals surface area contributed by atoms with Gasteiger partial charge in [0.25, 0.3) is 0 Å². The van der Waals surface area contributed by atoms with Crippen LogP contribution in [-0.4, -0.2) is 7.25 Å². The molecule has 0 N–H and O–H groups in total. The van der Waals surface area contributed by atoms with Crippen molar-refractivity contribution in [2.75, 3.05) is 0 Å². The number of hydrogen-bond acceptors (Lipinski definition) is 1. The molecule has 1 atom stereocenters. The molecule has 1 nitrogen and oxygen atoms in total. The van der Waals surface area contributed by atoms with Crippen LogP contribution in [0.2, 0.25) is 0 Å². The Bertz CT molecular complexity index is 1140. The monoisotopic (exact) mass is 427 g/mol. The molecule has 0 fully saturated rings. The smallest absolute Gasteiger partial charge is 0.418 e. The topological polar surface area (TPSA) is 23.8 Å². The molecule has 0 amide bonds. The Morgan fingerprint density at radius 2 is 1.27 bits per heavy atom. The van der Waals surface area contributed by atoms with Crippen LogP contribution >= 0.6 is 0 Å². The fourth-order valence-corrected chi connectivity index (χ4v) is 3.84. The van der Waals surface area contributed by atoms with Gasteiger partial charge in [0.15, 0.2) is 0 Å². The van der Waals surface area contributed by atoms with Crippen molar-refractivity contribution in [3.63, 3.8) is 0 Å². The molecule has 152 valence electrons. The fourth-order valence-electron chi connectivity index (χ4n) is 3.44. The van der Waals surface area contributed by atoms with Gasteiger partial charge < -0.3 is 17.3 Å². The largest absolute Gasteiger partial charge is 0.673 e. The Kier molecular flexibility index (Phi) is 6.68. The zero-order chi connectivity index (χ0) is 21.7. The summed E-state index contributed by atoms with van der Waals surface area (Å²) in [6, 6.07) is 29.4. The minimum absolute atomic E-state index is 0.196. The van der Waals surface area contributed by atoms with Crippen LogP contribution < -0.4 is 0 Å². The summed E-state index contributed by atoms with van der Waals surface area (Å²) < 4.78 is 39.0. The van der Waals surface area contributed by atoms with Crippen molar-refractivity contribution in [2.24, 2.45) is 0 Å². The SMILES string of the molecule is F[B-](F)(F)F.N#Cc1ccc(C([SH2+])Cc2c3ccccc3cc3ccccc23)cc1. The van der Waals surface area contributed by atoms with Crippen LogP contribution in [0, 0.1) is 11.3 Å². The summed E-state index contributed by atoms with van der Waals surface area (Å²) in [5.74, 6) is 0. The van der Waals surface area contributed by atoms with Gasteiger partial charge in [0.05, 0.1) is 11.6 Å². The van der Waals surface area contributed by atoms with Gasteiger partial charge in [-0.25, -0.2) is 0 Å². The van der Waals surface area contributed by atoms with Gasteiger partial charge >= 0.3 is 7.25 Å². The lowest BCUT2D eigenvalue weighted by molar-refractivity contribution is 0.368. The lowest BCUT2D eigenvalue weighted by Crippen LogP contribution is -2.02. The molecule has 4 rings (SSSR count). The normalized spacial score (nSPS) is 12.1. The van der Waals surface area contributed by atoms with Crippen LogP contribution in [0.15, 0.2) is 78.9 Å². The molecule has 7 heteroatoms. The van der Waals surface area contributed by atoms with E-state index in [-0.39, 0.29) is 5.25 Å². The van der Waals surface area contributed by atoms with Crippen molar-refractivity contribution in [1.29, 1.82) is 5.26 Å². The summed E-state index contributed by atoms with van der Waals surface area (Å²) in [7, 11) is -6.00. The number of benzene rings is 4. The van der Waals surface area contributed by atoms with Crippen LogP contribution in [0.25, 0.3) is 21.5 Å². The van der Waals surface area contributed by atoms with Gasteiger partial charge in [0.1, 0.15) is 5.25 Å². The second-order valence-corrected chi connectivity index (χ2v) is 7.48. The van der Waals surface area contributed by atoms with Crippen LogP contribution in [-0.2, 0) is 19.0 Å². The summed E-state index contributed by atoms with van der Waals surface area (Å²) in [6.45, 7) is 0. The molecule has 0 radical (unpaired) electrons. The van der Waals surface area contributed by atoms with Gasteiger partial charge in [-0.1, -0.05) is 60.7 Å². The van der Waals surface area contributed by atoms with Crippen molar-refractivity contribution in [2.45, 2.75) is 11.7 Å². The first-order valence-corrected chi connectivity index (χ1v) is 9.82. The van der Waals surface area contributed by atoms with Crippen LogP contribution in [0.4, 0.5) is 17.3 Å². The predicted octanol–water partition coefficient (Wildman–Crippen LogP) is 6.46. The van der Waals surface area contributed by atoms with E-state index in [0.29, 0.717) is 5.56 Å². The van der Waals surface area contributed by atoms with Gasteiger partial charge in [0, 0.05) is 12.0 Å². The molecule has 0 aliphatic rings. The molecule has 4 aromatic rings. The van der Waals surface area contributed by atoms with E-state index in [1.807, 2.05) is 24.3 Å². The van der Waals surface area contributed by atoms with Crippen molar-refractivity contribution >= 4 is 41.4 Å². The quantitative estimate of drug-likeness (QED) is 0.159. The van der Waals surface area contributed by atoms with E-state index in [1.165, 1.54) is 32.7 Å². The number of hydrogen-bond donors (Lipinski definition) is 0. The summed E-state index contributed by atoms with van der Waals surface area (Å²) in [5, 5.41) is 14.3. The Morgan fingerprint density at radius 1 is 0.800 bits per heavy atom. The van der Waals surface area contributed by atoms with E-state index in [9.17, 15) is 17.3 Å². The maximum atomic E-state index is 9.75. The van der Waals surface area contributed by atoms with Crippen molar-refractivity contribution in [3.05, 3.63) is 95.6 Å². The molecule has 0 saturated carbocycles. The van der Waals surface area contributed by atoms with Crippen molar-refractivity contribution in [1.82, 2.24) is 0 Å². The molecule has 0 heterocycles. The Morgan fingerprint density at radius 3 is 1.73 bits per heavy atom. The highest BCUT2D eigenvalue weighted by Gasteiger charge is 2.20. The van der Waals surface area contributed by atoms with Gasteiger partial charge in [-0.05, 0) is 57.9 Å². The van der Waals surface area contributed by atoms with Crippen LogP contribution in [0.1, 0.15) is 21.9 Å². The molecule has 0 aromatic heterocycles. The van der Waals surface area contributed by atoms with E-state index in [1.54, 1.807) is 0 Å². The molecule has 0 spiro atoms. The summed E-state index contributed by atoms with van der Waals surface area (Å²) in [6.07, 6.45) is 0.894. The average Bonchev–Trinajstić information content (AvgIpc) is 2.72. The standard InChI is InChI=1S/C23H17NS.BF4/c24-15-16-9-11-17(12-10-16)23(25)14-22-20-7-3-1-5-18(20)13-19-6-2-4-8-21(19)22;2-1(3,4)5/h1-13,23,25H,14H2;/q;-1/p+1. The van der Waals surface area contributed by atoms with Gasteiger partial charge in [-0.2, -0.15) is 5.26 Å². The highest BCUT2D eigenvalue weighted by molar-refractivity contribution is 7.59. The summed E-state index contributed by atoms with van der Waals surface area (Å²) >= 11 is 3.92. The number of fused-ring (bicyclic) bond motifs is 2. The van der Waals surface area contributed by atoms with E-state index >= 15 is 0 Å². The molecular weight excluding hydrogens is 409 g/mol. The third-order valence-corrected chi connectivity index (χ3v) is 5.27. The van der Waals surface area contributed by atoms with E-state index < -0.39 is 7.25 Å². The maximum absolute atomic E-state index is 9.75. The molecule has 30 heavy (non-hydrogen) atoms. The number of rotatable bonds is 3. The Labute approximate surface area is 177 Å². The summed E-state index contributed by atoms with van der Waals surface area (Å²) in [4.78, 5) is 0. The van der Waals surface area contributed by atoms with Gasteiger partial charge in [-0.15, -0.1) is 0 Å². The fraction of sp³-hybridized carbons (Fsp3) is 0.0870. The molecule has 0 bridgehead atoms. The zero-order valence-electron chi connectivity index (χ0n) is 15.8. The van der Waals surface area contributed by atoms with Crippen molar-refractivity contribution < 1.29 is 17.3 Å². The second-order valence-electron chi connectivity index (χ2n) is 6.78. The second kappa shape index (κ2) is 9.23. The lowest BCUT2D eigenvalue weighted by atomic mass is 9.92. The van der Waals surface area contributed by atoms with E-state index in [2.05, 4.69) is 73.3 Å². The third kappa shape index (κ3) is 5.55. The summed E-state index contributed by atoms with van der Waals surface area (Å²) in [5.41, 5.74) is 3.24. The molecular formula is C23H18BF4NS. The molecule has 1 unspecified atom stereocenters. The molecule has 0 aliphatic carbocycles. The Hall–Kier alpha value is -2.98. The lowest BCUT2D eigenvalue weighted by Gasteiger charge is -2.13. The first-order valence-electron chi connectivity index (χ1n) is 9.24. The predicted molar refractivity (Wildman–Crippen MR) is 119 cm³/mol. The van der Waals surface area contributed by atoms with Crippen LogP contribution in [0.3, 0.4) is 0 Å². The van der Waals surface area contributed by atoms with Gasteiger partial charge in [-0.3, -0.25) is 0 Å². The molecule has 0 saturated heterocycles. The molecule has 4 aromatic carbocycles. The highest BCUT2D eigenvalue weighted by Crippen LogP contribution is 2.32. The Balaban J connectivity index is 0.000000461. The number of halogens is 4. The molecule has 0 aliphatic heterocycles. The van der Waals surface area contributed by atoms with Gasteiger partial charge in [0.2, 0.25) is 0 Å². The third-order valence-electron chi connectivity index (χ3n) is 4.73. The zero-order valence-corrected chi connectivity index (χ0v) is 16.8. The first-order chi connectivity index (χ1) is 14.3. The maximum Gasteiger partial charge on any atom is 0.673 e. The average molecular weight is 427 g/mol. The van der Waals surface area contributed by atoms with E-state index in [0.717, 1.165) is 6.42 Å². The minimum atomic E-state index is -6.00. The number of nitriles is 1. The first kappa shape index (κ1) is 21.7. The number of nitrogens with zero attached hydrogens (tertiary/aromatic N) is 1. The highest BCUT2D eigenvalue weighted by atomic mass is 32.1.